The summed E-state index contributed by atoms with van der Waals surface area (Å²) in [6, 6.07) is 13.5. The molecule has 4 nitrogen and oxygen atoms in total. The molecule has 2 aromatic rings. The highest BCUT2D eigenvalue weighted by molar-refractivity contribution is 5.58. The number of rotatable bonds is 3. The van der Waals surface area contributed by atoms with Gasteiger partial charge < -0.3 is 0 Å². The summed E-state index contributed by atoms with van der Waals surface area (Å²) in [5, 5.41) is 12.9. The summed E-state index contributed by atoms with van der Waals surface area (Å²) in [6.45, 7) is 2.09. The lowest BCUT2D eigenvalue weighted by atomic mass is 10.1. The van der Waals surface area contributed by atoms with Crippen molar-refractivity contribution in [1.82, 2.24) is 9.78 Å². The first-order chi connectivity index (χ1) is 8.72. The molecule has 0 aliphatic rings. The van der Waals surface area contributed by atoms with Gasteiger partial charge in [0, 0.05) is 11.1 Å². The van der Waals surface area contributed by atoms with E-state index in [1.807, 2.05) is 36.4 Å². The quantitative estimate of drug-likeness (QED) is 0.824. The number of nitriles is 1. The number of nitrogens with zero attached hydrogens (tertiary/aromatic N) is 3. The van der Waals surface area contributed by atoms with E-state index in [9.17, 15) is 4.79 Å². The van der Waals surface area contributed by atoms with Crippen LogP contribution in [0.3, 0.4) is 0 Å². The molecule has 4 heteroatoms. The molecule has 1 aromatic heterocycles. The number of benzene rings is 1. The average Bonchev–Trinajstić information content (AvgIpc) is 2.41. The second kappa shape index (κ2) is 5.28. The van der Waals surface area contributed by atoms with Gasteiger partial charge in [0.15, 0.2) is 0 Å². The van der Waals surface area contributed by atoms with Crippen LogP contribution in [0.1, 0.15) is 12.0 Å². The Morgan fingerprint density at radius 1 is 1.33 bits per heavy atom. The van der Waals surface area contributed by atoms with Gasteiger partial charge in [-0.2, -0.15) is 10.4 Å². The van der Waals surface area contributed by atoms with Gasteiger partial charge in [0.1, 0.15) is 0 Å². The summed E-state index contributed by atoms with van der Waals surface area (Å²) in [5.41, 5.74) is 2.23. The third-order valence-electron chi connectivity index (χ3n) is 2.66. The van der Waals surface area contributed by atoms with Crippen LogP contribution in [0, 0.1) is 18.3 Å². The Kier molecular flexibility index (Phi) is 3.54. The van der Waals surface area contributed by atoms with Crippen LogP contribution in [0.4, 0.5) is 0 Å². The highest BCUT2D eigenvalue weighted by Crippen LogP contribution is 2.15. The van der Waals surface area contributed by atoms with Crippen LogP contribution in [-0.2, 0) is 6.54 Å². The van der Waals surface area contributed by atoms with Crippen molar-refractivity contribution in [3.63, 3.8) is 0 Å². The summed E-state index contributed by atoms with van der Waals surface area (Å²) in [5.74, 6) is 0. The molecule has 90 valence electrons. The second-order valence-electron chi connectivity index (χ2n) is 4.02. The molecule has 0 spiro atoms. The molecule has 1 heterocycles. The molecule has 2 rings (SSSR count). The average molecular weight is 239 g/mol. The van der Waals surface area contributed by atoms with Crippen LogP contribution >= 0.6 is 0 Å². The Morgan fingerprint density at radius 3 is 2.72 bits per heavy atom. The molecule has 0 saturated carbocycles. The minimum Gasteiger partial charge on any atom is -0.268 e. The Morgan fingerprint density at radius 2 is 2.06 bits per heavy atom. The van der Waals surface area contributed by atoms with Crippen molar-refractivity contribution in [2.75, 3.05) is 0 Å². The van der Waals surface area contributed by atoms with Crippen molar-refractivity contribution in [3.05, 3.63) is 52.3 Å². The predicted octanol–water partition coefficient (Wildman–Crippen LogP) is 2.13. The monoisotopic (exact) mass is 239 g/mol. The minimum absolute atomic E-state index is 0.134. The van der Waals surface area contributed by atoms with E-state index in [1.54, 1.807) is 13.0 Å². The molecule has 0 atom stereocenters. The van der Waals surface area contributed by atoms with E-state index in [1.165, 1.54) is 4.68 Å². The first kappa shape index (κ1) is 12.1. The van der Waals surface area contributed by atoms with Crippen molar-refractivity contribution >= 4 is 0 Å². The van der Waals surface area contributed by atoms with Crippen molar-refractivity contribution < 1.29 is 0 Å². The number of aromatic nitrogens is 2. The summed E-state index contributed by atoms with van der Waals surface area (Å²) >= 11 is 0. The molecule has 0 aliphatic heterocycles. The Labute approximate surface area is 105 Å². The lowest BCUT2D eigenvalue weighted by Gasteiger charge is -2.07. The zero-order valence-corrected chi connectivity index (χ0v) is 10.1. The second-order valence-corrected chi connectivity index (χ2v) is 4.02. The number of hydrogen-bond acceptors (Lipinski definition) is 3. The van der Waals surface area contributed by atoms with E-state index in [-0.39, 0.29) is 12.0 Å². The van der Waals surface area contributed by atoms with Gasteiger partial charge in [-0.3, -0.25) is 4.79 Å². The first-order valence-corrected chi connectivity index (χ1v) is 5.73. The topological polar surface area (TPSA) is 58.7 Å². The van der Waals surface area contributed by atoms with E-state index in [0.29, 0.717) is 12.1 Å². The largest absolute Gasteiger partial charge is 0.269 e. The highest BCUT2D eigenvalue weighted by atomic mass is 16.1. The van der Waals surface area contributed by atoms with Crippen LogP contribution in [0.25, 0.3) is 11.3 Å². The smallest absolute Gasteiger partial charge is 0.268 e. The fourth-order valence-corrected chi connectivity index (χ4v) is 1.73. The summed E-state index contributed by atoms with van der Waals surface area (Å²) in [7, 11) is 0. The standard InChI is InChI=1S/C14H13N3O/c1-11-10-13(12-6-3-2-4-7-12)16-17(14(11)18)9-5-8-15/h2-4,6-7,10H,5,9H2,1H3. The molecule has 0 fully saturated rings. The van der Waals surface area contributed by atoms with Gasteiger partial charge in [-0.25, -0.2) is 4.68 Å². The van der Waals surface area contributed by atoms with Crippen molar-refractivity contribution in [2.24, 2.45) is 0 Å². The van der Waals surface area contributed by atoms with Gasteiger partial charge in [-0.05, 0) is 13.0 Å². The van der Waals surface area contributed by atoms with Crippen LogP contribution in [0.15, 0.2) is 41.2 Å². The van der Waals surface area contributed by atoms with E-state index in [0.717, 1.165) is 11.3 Å². The zero-order chi connectivity index (χ0) is 13.0. The molecule has 18 heavy (non-hydrogen) atoms. The molecule has 0 aliphatic carbocycles. The van der Waals surface area contributed by atoms with E-state index in [4.69, 9.17) is 5.26 Å². The molecule has 0 bridgehead atoms. The molecular weight excluding hydrogens is 226 g/mol. The third-order valence-corrected chi connectivity index (χ3v) is 2.66. The number of hydrogen-bond donors (Lipinski definition) is 0. The molecule has 0 saturated heterocycles. The van der Waals surface area contributed by atoms with Crippen LogP contribution in [-0.4, -0.2) is 9.78 Å². The fraction of sp³-hybridized carbons (Fsp3) is 0.214. The van der Waals surface area contributed by atoms with Crippen molar-refractivity contribution in [2.45, 2.75) is 19.9 Å². The van der Waals surface area contributed by atoms with Gasteiger partial charge in [0.2, 0.25) is 0 Å². The molecule has 0 radical (unpaired) electrons. The summed E-state index contributed by atoms with van der Waals surface area (Å²) in [4.78, 5) is 11.8. The molecule has 0 N–H and O–H groups in total. The Hall–Kier alpha value is -2.41. The zero-order valence-electron chi connectivity index (χ0n) is 10.1. The molecular formula is C14H13N3O. The van der Waals surface area contributed by atoms with Gasteiger partial charge in [-0.1, -0.05) is 30.3 Å². The van der Waals surface area contributed by atoms with Crippen molar-refractivity contribution in [3.8, 4) is 17.3 Å². The third kappa shape index (κ3) is 2.46. The first-order valence-electron chi connectivity index (χ1n) is 5.73. The van der Waals surface area contributed by atoms with E-state index >= 15 is 0 Å². The lowest BCUT2D eigenvalue weighted by Crippen LogP contribution is -2.25. The van der Waals surface area contributed by atoms with Gasteiger partial charge in [-0.15, -0.1) is 0 Å². The Balaban J connectivity index is 2.48. The summed E-state index contributed by atoms with van der Waals surface area (Å²) in [6.07, 6.45) is 0.282. The maximum Gasteiger partial charge on any atom is 0.269 e. The molecule has 0 amide bonds. The molecule has 1 aromatic carbocycles. The van der Waals surface area contributed by atoms with Crippen LogP contribution in [0.2, 0.25) is 0 Å². The van der Waals surface area contributed by atoms with Crippen molar-refractivity contribution in [1.29, 1.82) is 5.26 Å². The van der Waals surface area contributed by atoms with E-state index < -0.39 is 0 Å². The van der Waals surface area contributed by atoms with Crippen LogP contribution in [0.5, 0.6) is 0 Å². The van der Waals surface area contributed by atoms with Crippen LogP contribution < -0.4 is 5.56 Å². The minimum atomic E-state index is -0.134. The SMILES string of the molecule is Cc1cc(-c2ccccc2)nn(CCC#N)c1=O. The summed E-state index contributed by atoms with van der Waals surface area (Å²) < 4.78 is 1.36. The van der Waals surface area contributed by atoms with Gasteiger partial charge >= 0.3 is 0 Å². The van der Waals surface area contributed by atoms with E-state index in [2.05, 4.69) is 5.10 Å². The Bertz CT molecular complexity index is 638. The predicted molar refractivity (Wildman–Crippen MR) is 68.9 cm³/mol. The van der Waals surface area contributed by atoms with Gasteiger partial charge in [0.05, 0.1) is 24.7 Å². The maximum atomic E-state index is 11.8. The van der Waals surface area contributed by atoms with Gasteiger partial charge in [0.25, 0.3) is 5.56 Å². The maximum absolute atomic E-state index is 11.8. The normalized spacial score (nSPS) is 10.0. The molecule has 0 unspecified atom stereocenters. The number of aryl methyl sites for hydroxylation is 2. The lowest BCUT2D eigenvalue weighted by molar-refractivity contribution is 0.588. The fourth-order valence-electron chi connectivity index (χ4n) is 1.73. The highest BCUT2D eigenvalue weighted by Gasteiger charge is 2.06.